The summed E-state index contributed by atoms with van der Waals surface area (Å²) in [4.78, 5) is 11.9. The van der Waals surface area contributed by atoms with Gasteiger partial charge in [-0.1, -0.05) is 51.1 Å². The van der Waals surface area contributed by atoms with Gasteiger partial charge in [0, 0.05) is 12.5 Å². The van der Waals surface area contributed by atoms with Crippen molar-refractivity contribution >= 4 is 22.9 Å². The minimum Gasteiger partial charge on any atom is -0.417 e. The first-order valence-corrected chi connectivity index (χ1v) is 16.5. The molecule has 3 nitrogen and oxygen atoms in total. The van der Waals surface area contributed by atoms with Crippen LogP contribution < -0.4 is 0 Å². The highest BCUT2D eigenvalue weighted by Crippen LogP contribution is 2.36. The van der Waals surface area contributed by atoms with Crippen molar-refractivity contribution in [3.8, 4) is 0 Å². The van der Waals surface area contributed by atoms with E-state index < -0.39 is 16.6 Å². The Balaban J connectivity index is 2.71. The summed E-state index contributed by atoms with van der Waals surface area (Å²) in [7, 11) is -3.46. The zero-order chi connectivity index (χ0) is 20.7. The highest BCUT2D eigenvalue weighted by atomic mass is 28.4. The van der Waals surface area contributed by atoms with Crippen LogP contribution >= 0.6 is 0 Å². The molecule has 0 aliphatic rings. The molecule has 27 heavy (non-hydrogen) atoms. The second-order valence-electron chi connectivity index (χ2n) is 10.0. The molecule has 5 heteroatoms. The molecule has 0 saturated carbocycles. The summed E-state index contributed by atoms with van der Waals surface area (Å²) < 4.78 is 12.7. The molecule has 0 N–H and O–H groups in total. The fourth-order valence-electron chi connectivity index (χ4n) is 2.80. The summed E-state index contributed by atoms with van der Waals surface area (Å²) in [6.45, 7) is 18.7. The molecule has 0 radical (unpaired) electrons. The van der Waals surface area contributed by atoms with Gasteiger partial charge in [0.05, 0.1) is 6.10 Å². The van der Waals surface area contributed by atoms with E-state index in [0.717, 1.165) is 32.2 Å². The normalized spacial score (nSPS) is 15.4. The molecule has 154 valence electrons. The van der Waals surface area contributed by atoms with Crippen molar-refractivity contribution in [3.63, 3.8) is 0 Å². The van der Waals surface area contributed by atoms with Crippen molar-refractivity contribution < 1.29 is 13.6 Å². The predicted octanol–water partition coefficient (Wildman–Crippen LogP) is 6.07. The van der Waals surface area contributed by atoms with Crippen molar-refractivity contribution in [2.24, 2.45) is 5.92 Å². The topological polar surface area (TPSA) is 35.5 Å². The summed E-state index contributed by atoms with van der Waals surface area (Å²) in [6.07, 6.45) is 3.60. The second kappa shape index (κ2) is 10.1. The first-order chi connectivity index (χ1) is 12.4. The van der Waals surface area contributed by atoms with E-state index in [1.807, 2.05) is 18.2 Å². The number of rotatable bonds is 11. The maximum atomic E-state index is 11.9. The molecule has 0 aliphatic heterocycles. The van der Waals surface area contributed by atoms with Gasteiger partial charge in [-0.15, -0.1) is 0 Å². The lowest BCUT2D eigenvalue weighted by Crippen LogP contribution is -2.41. The summed E-state index contributed by atoms with van der Waals surface area (Å²) in [5.41, 5.74) is 1.19. The maximum absolute atomic E-state index is 11.9. The zero-order valence-corrected chi connectivity index (χ0v) is 20.7. The highest BCUT2D eigenvalue weighted by molar-refractivity contribution is 6.74. The summed E-state index contributed by atoms with van der Waals surface area (Å²) in [6, 6.07) is 10.2. The van der Waals surface area contributed by atoms with E-state index in [1.165, 1.54) is 5.56 Å². The number of aldehydes is 1. The third-order valence-electron chi connectivity index (χ3n) is 5.37. The number of hydrogen-bond acceptors (Lipinski definition) is 3. The Hall–Kier alpha value is -0.756. The van der Waals surface area contributed by atoms with Crippen molar-refractivity contribution in [2.75, 3.05) is 6.61 Å². The van der Waals surface area contributed by atoms with Crippen LogP contribution in [0.25, 0.3) is 0 Å². The first-order valence-electron chi connectivity index (χ1n) is 10.2. The Morgan fingerprint density at radius 2 is 1.63 bits per heavy atom. The SMILES string of the molecule is CC(C)(C)[Si](C)(C)OCCC[C@@H](O[Si](C)(C)C)[C@@H](C=O)Cc1ccccc1. The third kappa shape index (κ3) is 8.86. The Kier molecular flexibility index (Phi) is 9.12. The predicted molar refractivity (Wildman–Crippen MR) is 120 cm³/mol. The van der Waals surface area contributed by atoms with Gasteiger partial charge in [0.25, 0.3) is 0 Å². The molecule has 1 rings (SSSR count). The standard InChI is InChI=1S/C22H40O3Si2/c1-22(2,3)27(7,8)24-16-12-15-21(25-26(4,5)6)20(18-23)17-19-13-10-9-11-14-19/h9-11,13-14,18,20-21H,12,15-17H2,1-8H3/t20-,21-/m1/s1. The number of carbonyl (C=O) groups is 1. The van der Waals surface area contributed by atoms with E-state index in [4.69, 9.17) is 8.85 Å². The Morgan fingerprint density at radius 3 is 2.11 bits per heavy atom. The molecule has 1 aromatic rings. The molecule has 0 bridgehead atoms. The van der Waals surface area contributed by atoms with Gasteiger partial charge in [0.15, 0.2) is 16.6 Å². The Labute approximate surface area is 169 Å². The van der Waals surface area contributed by atoms with Crippen LogP contribution in [0, 0.1) is 5.92 Å². The lowest BCUT2D eigenvalue weighted by atomic mass is 9.93. The number of hydrogen-bond donors (Lipinski definition) is 0. The maximum Gasteiger partial charge on any atom is 0.191 e. The summed E-state index contributed by atoms with van der Waals surface area (Å²) in [5, 5.41) is 0.222. The Bertz CT molecular complexity index is 559. The third-order valence-corrected chi connectivity index (χ3v) is 10.9. The van der Waals surface area contributed by atoms with Gasteiger partial charge >= 0.3 is 0 Å². The molecule has 0 spiro atoms. The van der Waals surface area contributed by atoms with Crippen LogP contribution in [0.2, 0.25) is 37.8 Å². The fourth-order valence-corrected chi connectivity index (χ4v) is 5.08. The molecule has 1 aromatic carbocycles. The molecule has 0 unspecified atom stereocenters. The van der Waals surface area contributed by atoms with Crippen LogP contribution in [-0.2, 0) is 20.1 Å². The van der Waals surface area contributed by atoms with Crippen molar-refractivity contribution in [2.45, 2.75) is 83.9 Å². The lowest BCUT2D eigenvalue weighted by Gasteiger charge is -2.36. The minimum absolute atomic E-state index is 0.0302. The van der Waals surface area contributed by atoms with Gasteiger partial charge in [-0.2, -0.15) is 0 Å². The monoisotopic (exact) mass is 408 g/mol. The van der Waals surface area contributed by atoms with Crippen molar-refractivity contribution in [1.29, 1.82) is 0 Å². The van der Waals surface area contributed by atoms with E-state index in [1.54, 1.807) is 0 Å². The molecule has 0 amide bonds. The quantitative estimate of drug-likeness (QED) is 0.253. The smallest absolute Gasteiger partial charge is 0.191 e. The molecule has 2 atom stereocenters. The van der Waals surface area contributed by atoms with Gasteiger partial charge in [-0.25, -0.2) is 0 Å². The van der Waals surface area contributed by atoms with Gasteiger partial charge in [-0.05, 0) is 62.6 Å². The van der Waals surface area contributed by atoms with E-state index in [2.05, 4.69) is 65.6 Å². The van der Waals surface area contributed by atoms with Crippen LogP contribution in [-0.4, -0.2) is 35.6 Å². The number of benzene rings is 1. The molecule has 0 aliphatic carbocycles. The lowest BCUT2D eigenvalue weighted by molar-refractivity contribution is -0.114. The van der Waals surface area contributed by atoms with E-state index >= 15 is 0 Å². The zero-order valence-electron chi connectivity index (χ0n) is 18.7. The van der Waals surface area contributed by atoms with E-state index in [0.29, 0.717) is 0 Å². The van der Waals surface area contributed by atoms with Crippen LogP contribution in [0.15, 0.2) is 30.3 Å². The van der Waals surface area contributed by atoms with Gasteiger partial charge in [-0.3, -0.25) is 0 Å². The van der Waals surface area contributed by atoms with Crippen LogP contribution in [0.3, 0.4) is 0 Å². The van der Waals surface area contributed by atoms with Crippen molar-refractivity contribution in [1.82, 2.24) is 0 Å². The van der Waals surface area contributed by atoms with Gasteiger partial charge in [0.2, 0.25) is 0 Å². The van der Waals surface area contributed by atoms with Crippen LogP contribution in [0.4, 0.5) is 0 Å². The largest absolute Gasteiger partial charge is 0.417 e. The molecule has 0 saturated heterocycles. The van der Waals surface area contributed by atoms with Gasteiger partial charge < -0.3 is 13.6 Å². The second-order valence-corrected chi connectivity index (χ2v) is 19.3. The average molecular weight is 409 g/mol. The van der Waals surface area contributed by atoms with Gasteiger partial charge in [0.1, 0.15) is 6.29 Å². The van der Waals surface area contributed by atoms with E-state index in [-0.39, 0.29) is 17.1 Å². The fraction of sp³-hybridized carbons (Fsp3) is 0.682. The molecule has 0 aromatic heterocycles. The van der Waals surface area contributed by atoms with Crippen molar-refractivity contribution in [3.05, 3.63) is 35.9 Å². The Morgan fingerprint density at radius 1 is 1.04 bits per heavy atom. The first kappa shape index (κ1) is 24.3. The molecule has 0 heterocycles. The van der Waals surface area contributed by atoms with Crippen LogP contribution in [0.1, 0.15) is 39.2 Å². The molecular weight excluding hydrogens is 368 g/mol. The molecule has 0 fully saturated rings. The summed E-state index contributed by atoms with van der Waals surface area (Å²) >= 11 is 0. The number of carbonyl (C=O) groups excluding carboxylic acids is 1. The van der Waals surface area contributed by atoms with E-state index in [9.17, 15) is 4.79 Å². The minimum atomic E-state index is -1.73. The van der Waals surface area contributed by atoms with Crippen LogP contribution in [0.5, 0.6) is 0 Å². The highest BCUT2D eigenvalue weighted by Gasteiger charge is 2.37. The molecular formula is C22H40O3Si2. The summed E-state index contributed by atoms with van der Waals surface area (Å²) in [5.74, 6) is -0.105. The average Bonchev–Trinajstić information content (AvgIpc) is 2.54.